The summed E-state index contributed by atoms with van der Waals surface area (Å²) in [5.74, 6) is 0. The molecule has 2 nitrogen and oxygen atoms in total. The van der Waals surface area contributed by atoms with Gasteiger partial charge in [-0.3, -0.25) is 0 Å². The van der Waals surface area contributed by atoms with Gasteiger partial charge in [0, 0.05) is 21.8 Å². The second-order valence-electron chi connectivity index (χ2n) is 2.16. The van der Waals surface area contributed by atoms with Gasteiger partial charge in [-0.05, 0) is 34.2 Å². The van der Waals surface area contributed by atoms with Crippen molar-refractivity contribution >= 4 is 44.6 Å². The van der Waals surface area contributed by atoms with Gasteiger partial charge in [-0.2, -0.15) is 0 Å². The van der Waals surface area contributed by atoms with Gasteiger partial charge in [-0.15, -0.1) is 11.3 Å². The smallest absolute Gasteiger partial charge is 0.166 e. The molecule has 1 aromatic heterocycles. The maximum absolute atomic E-state index is 4.93. The predicted octanol–water partition coefficient (Wildman–Crippen LogP) is 2.10. The van der Waals surface area contributed by atoms with Crippen LogP contribution in [-0.4, -0.2) is 12.2 Å². The van der Waals surface area contributed by atoms with Crippen LogP contribution in [0.15, 0.2) is 15.9 Å². The van der Waals surface area contributed by atoms with Gasteiger partial charge in [-0.1, -0.05) is 0 Å². The van der Waals surface area contributed by atoms with Crippen LogP contribution in [0.1, 0.15) is 4.88 Å². The minimum absolute atomic E-state index is 0.680. The Balaban J connectivity index is 2.38. The van der Waals surface area contributed by atoms with E-state index in [9.17, 15) is 0 Å². The first-order chi connectivity index (χ1) is 5.72. The van der Waals surface area contributed by atoms with Crippen LogP contribution in [-0.2, 0) is 6.54 Å². The highest BCUT2D eigenvalue weighted by atomic mass is 79.9. The number of thiocarbonyl (C=S) groups is 1. The first-order valence-corrected chi connectivity index (χ1v) is 5.49. The molecule has 0 atom stereocenters. The molecule has 0 aromatic carbocycles. The molecule has 0 radical (unpaired) electrons. The van der Waals surface area contributed by atoms with Crippen LogP contribution >= 0.6 is 39.5 Å². The summed E-state index contributed by atoms with van der Waals surface area (Å²) in [7, 11) is 1.81. The summed E-state index contributed by atoms with van der Waals surface area (Å²) in [6, 6.07) is 2.08. The molecule has 2 N–H and O–H groups in total. The van der Waals surface area contributed by atoms with Crippen molar-refractivity contribution in [1.82, 2.24) is 10.6 Å². The number of hydrogen-bond donors (Lipinski definition) is 2. The zero-order chi connectivity index (χ0) is 8.97. The largest absolute Gasteiger partial charge is 0.366 e. The Morgan fingerprint density at radius 3 is 3.00 bits per heavy atom. The molecule has 0 saturated heterocycles. The van der Waals surface area contributed by atoms with Crippen molar-refractivity contribution in [3.63, 3.8) is 0 Å². The number of nitrogens with one attached hydrogen (secondary N) is 2. The van der Waals surface area contributed by atoms with Gasteiger partial charge in [0.15, 0.2) is 5.11 Å². The second-order valence-corrected chi connectivity index (χ2v) is 4.48. The van der Waals surface area contributed by atoms with Crippen molar-refractivity contribution in [3.8, 4) is 0 Å². The summed E-state index contributed by atoms with van der Waals surface area (Å²) in [6.45, 7) is 0.788. The molecule has 0 aliphatic carbocycles. The van der Waals surface area contributed by atoms with E-state index in [1.165, 1.54) is 4.88 Å². The van der Waals surface area contributed by atoms with E-state index in [1.54, 1.807) is 18.4 Å². The summed E-state index contributed by atoms with van der Waals surface area (Å²) in [6.07, 6.45) is 0. The average Bonchev–Trinajstić information content (AvgIpc) is 2.47. The predicted molar refractivity (Wildman–Crippen MR) is 60.5 cm³/mol. The fraction of sp³-hybridized carbons (Fsp3) is 0.286. The first-order valence-electron chi connectivity index (χ1n) is 3.41. The van der Waals surface area contributed by atoms with Gasteiger partial charge < -0.3 is 10.6 Å². The standard InChI is InChI=1S/C7H9BrN2S2/c1-9-7(11)10-3-6-2-5(8)4-12-6/h2,4H,3H2,1H3,(H2,9,10,11). The molecule has 0 saturated carbocycles. The third-order valence-electron chi connectivity index (χ3n) is 1.27. The molecule has 0 spiro atoms. The zero-order valence-corrected chi connectivity index (χ0v) is 9.78. The molecule has 0 bridgehead atoms. The highest BCUT2D eigenvalue weighted by molar-refractivity contribution is 9.10. The fourth-order valence-electron chi connectivity index (χ4n) is 0.702. The van der Waals surface area contributed by atoms with Gasteiger partial charge in [0.25, 0.3) is 0 Å². The molecular weight excluding hydrogens is 256 g/mol. The van der Waals surface area contributed by atoms with E-state index in [0.717, 1.165) is 11.0 Å². The maximum atomic E-state index is 4.93. The third-order valence-corrected chi connectivity index (χ3v) is 3.32. The number of rotatable bonds is 2. The lowest BCUT2D eigenvalue weighted by Crippen LogP contribution is -2.31. The van der Waals surface area contributed by atoms with E-state index >= 15 is 0 Å². The summed E-state index contributed by atoms with van der Waals surface area (Å²) in [4.78, 5) is 1.26. The van der Waals surface area contributed by atoms with Gasteiger partial charge in [-0.25, -0.2) is 0 Å². The molecule has 1 aromatic rings. The van der Waals surface area contributed by atoms with Crippen molar-refractivity contribution in [2.45, 2.75) is 6.54 Å². The number of thiophene rings is 1. The molecule has 66 valence electrons. The molecule has 0 fully saturated rings. The van der Waals surface area contributed by atoms with E-state index in [1.807, 2.05) is 0 Å². The first kappa shape index (κ1) is 9.95. The molecule has 0 aliphatic heterocycles. The summed E-state index contributed by atoms with van der Waals surface area (Å²) < 4.78 is 1.12. The quantitative estimate of drug-likeness (QED) is 0.801. The van der Waals surface area contributed by atoms with Crippen molar-refractivity contribution in [2.24, 2.45) is 0 Å². The van der Waals surface area contributed by atoms with Crippen LogP contribution in [0.5, 0.6) is 0 Å². The monoisotopic (exact) mass is 264 g/mol. The Kier molecular flexibility index (Phi) is 3.97. The minimum atomic E-state index is 0.680. The Bertz CT molecular complexity index is 272. The average molecular weight is 265 g/mol. The van der Waals surface area contributed by atoms with E-state index in [0.29, 0.717) is 5.11 Å². The molecule has 0 aliphatic rings. The van der Waals surface area contributed by atoms with Gasteiger partial charge in [0.05, 0.1) is 6.54 Å². The van der Waals surface area contributed by atoms with Crippen LogP contribution in [0.3, 0.4) is 0 Å². The lowest BCUT2D eigenvalue weighted by atomic mass is 10.5. The Hall–Kier alpha value is -0.130. The topological polar surface area (TPSA) is 24.1 Å². The molecule has 0 amide bonds. The Morgan fingerprint density at radius 1 is 1.75 bits per heavy atom. The lowest BCUT2D eigenvalue weighted by molar-refractivity contribution is 0.906. The highest BCUT2D eigenvalue weighted by Gasteiger charge is 1.97. The molecule has 0 unspecified atom stereocenters. The second kappa shape index (κ2) is 4.79. The van der Waals surface area contributed by atoms with Crippen LogP contribution in [0.25, 0.3) is 0 Å². The van der Waals surface area contributed by atoms with Crippen LogP contribution in [0, 0.1) is 0 Å². The number of hydrogen-bond acceptors (Lipinski definition) is 2. The highest BCUT2D eigenvalue weighted by Crippen LogP contribution is 2.19. The minimum Gasteiger partial charge on any atom is -0.366 e. The van der Waals surface area contributed by atoms with E-state index in [2.05, 4.69) is 38.0 Å². The normalized spacial score (nSPS) is 9.50. The zero-order valence-electron chi connectivity index (χ0n) is 6.56. The van der Waals surface area contributed by atoms with Crippen molar-refractivity contribution in [3.05, 3.63) is 20.8 Å². The Labute approximate surface area is 89.5 Å². The van der Waals surface area contributed by atoms with Crippen LogP contribution in [0.2, 0.25) is 0 Å². The van der Waals surface area contributed by atoms with E-state index < -0.39 is 0 Å². The number of halogens is 1. The molecule has 1 rings (SSSR count). The van der Waals surface area contributed by atoms with Crippen LogP contribution in [0.4, 0.5) is 0 Å². The SMILES string of the molecule is CNC(=S)NCc1cc(Br)cs1. The van der Waals surface area contributed by atoms with Gasteiger partial charge in [0.1, 0.15) is 0 Å². The third kappa shape index (κ3) is 3.08. The van der Waals surface area contributed by atoms with Crippen molar-refractivity contribution in [2.75, 3.05) is 7.05 Å². The van der Waals surface area contributed by atoms with Crippen molar-refractivity contribution in [1.29, 1.82) is 0 Å². The van der Waals surface area contributed by atoms with Crippen molar-refractivity contribution < 1.29 is 0 Å². The molecule has 1 heterocycles. The molecule has 12 heavy (non-hydrogen) atoms. The summed E-state index contributed by atoms with van der Waals surface area (Å²) in [5, 5.41) is 8.66. The van der Waals surface area contributed by atoms with Gasteiger partial charge >= 0.3 is 0 Å². The summed E-state index contributed by atoms with van der Waals surface area (Å²) in [5.41, 5.74) is 0. The van der Waals surface area contributed by atoms with E-state index in [-0.39, 0.29) is 0 Å². The maximum Gasteiger partial charge on any atom is 0.166 e. The van der Waals surface area contributed by atoms with E-state index in [4.69, 9.17) is 12.2 Å². The fourth-order valence-corrected chi connectivity index (χ4v) is 2.17. The van der Waals surface area contributed by atoms with Crippen LogP contribution < -0.4 is 10.6 Å². The molecule has 5 heteroatoms. The lowest BCUT2D eigenvalue weighted by Gasteiger charge is -2.03. The molecular formula is C7H9BrN2S2. The Morgan fingerprint density at radius 2 is 2.50 bits per heavy atom. The van der Waals surface area contributed by atoms with Gasteiger partial charge in [0.2, 0.25) is 0 Å². The summed E-state index contributed by atoms with van der Waals surface area (Å²) >= 11 is 10.0.